The van der Waals surface area contributed by atoms with E-state index in [1.807, 2.05) is 0 Å². The third-order valence-electron chi connectivity index (χ3n) is 5.77. The van der Waals surface area contributed by atoms with E-state index < -0.39 is 10.4 Å². The highest BCUT2D eigenvalue weighted by Gasteiger charge is 2.13. The highest BCUT2D eigenvalue weighted by atomic mass is 32.3. The summed E-state index contributed by atoms with van der Waals surface area (Å²) in [6.07, 6.45) is 19.9. The van der Waals surface area contributed by atoms with Gasteiger partial charge in [0.25, 0.3) is 0 Å². The van der Waals surface area contributed by atoms with Crippen molar-refractivity contribution in [1.29, 1.82) is 0 Å². The highest BCUT2D eigenvalue weighted by Crippen LogP contribution is 2.29. The molecule has 0 bridgehead atoms. The summed E-state index contributed by atoms with van der Waals surface area (Å²) in [5.41, 5.74) is 0. The summed E-state index contributed by atoms with van der Waals surface area (Å²) < 4.78 is 32.0. The summed E-state index contributed by atoms with van der Waals surface area (Å²) in [4.78, 5) is 11.8. The van der Waals surface area contributed by atoms with E-state index in [1.165, 1.54) is 77.0 Å². The lowest BCUT2D eigenvalue weighted by Gasteiger charge is -2.23. The van der Waals surface area contributed by atoms with Crippen LogP contribution in [0.3, 0.4) is 0 Å². The van der Waals surface area contributed by atoms with Crippen molar-refractivity contribution in [1.82, 2.24) is 5.32 Å². The van der Waals surface area contributed by atoms with Crippen molar-refractivity contribution >= 4 is 16.3 Å². The number of quaternary nitrogens is 1. The van der Waals surface area contributed by atoms with E-state index in [0.717, 1.165) is 43.4 Å². The molecule has 0 radical (unpaired) electrons. The zero-order valence-electron chi connectivity index (χ0n) is 20.5. The molecule has 0 aromatic heterocycles. The zero-order chi connectivity index (χ0) is 23.6. The normalized spacial score (nSPS) is 14.9. The molecule has 0 atom stereocenters. The molecule has 1 aliphatic carbocycles. The number of hydrogen-bond acceptors (Lipinski definition) is 5. The average Bonchev–Trinajstić information content (AvgIpc) is 3.19. The molecule has 0 aliphatic heterocycles. The van der Waals surface area contributed by atoms with Gasteiger partial charge in [-0.2, -0.15) is 0 Å². The van der Waals surface area contributed by atoms with Crippen LogP contribution in [-0.4, -0.2) is 64.7 Å². The molecule has 1 N–H and O–H groups in total. The molecule has 0 saturated heterocycles. The molecule has 8 heteroatoms. The Labute approximate surface area is 191 Å². The van der Waals surface area contributed by atoms with E-state index in [4.69, 9.17) is 0 Å². The zero-order valence-corrected chi connectivity index (χ0v) is 21.3. The lowest BCUT2D eigenvalue weighted by Crippen LogP contribution is -2.37. The fourth-order valence-corrected chi connectivity index (χ4v) is 3.95. The minimum Gasteiger partial charge on any atom is -0.726 e. The minimum atomic E-state index is -4.41. The Kier molecular flexibility index (Phi) is 17.4. The SMILES string of the molecule is COS(=O)(=O)[O-].C[N+](C)(C)CCCNC(=O)CCCCCCCCCCC1CCCC1. The molecule has 1 aliphatic rings. The molecule has 0 aromatic carbocycles. The van der Waals surface area contributed by atoms with Crippen LogP contribution in [0.15, 0.2) is 0 Å². The summed E-state index contributed by atoms with van der Waals surface area (Å²) in [5, 5.41) is 3.05. The number of rotatable bonds is 16. The van der Waals surface area contributed by atoms with E-state index in [0.29, 0.717) is 6.42 Å². The molecule has 0 heterocycles. The van der Waals surface area contributed by atoms with Crippen LogP contribution in [0.4, 0.5) is 0 Å². The van der Waals surface area contributed by atoms with Gasteiger partial charge in [-0.15, -0.1) is 0 Å². The van der Waals surface area contributed by atoms with Crippen LogP contribution >= 0.6 is 0 Å². The molecule has 1 amide bonds. The van der Waals surface area contributed by atoms with Crippen LogP contribution in [-0.2, 0) is 19.4 Å². The van der Waals surface area contributed by atoms with E-state index >= 15 is 0 Å². The first-order valence-corrected chi connectivity index (χ1v) is 13.5. The van der Waals surface area contributed by atoms with Crippen LogP contribution in [0.25, 0.3) is 0 Å². The van der Waals surface area contributed by atoms with Gasteiger partial charge in [0.15, 0.2) is 0 Å². The van der Waals surface area contributed by atoms with E-state index in [1.54, 1.807) is 0 Å². The largest absolute Gasteiger partial charge is 0.726 e. The van der Waals surface area contributed by atoms with E-state index in [2.05, 4.69) is 30.6 Å². The van der Waals surface area contributed by atoms with Gasteiger partial charge >= 0.3 is 0 Å². The molecule has 1 rings (SSSR count). The van der Waals surface area contributed by atoms with Crippen LogP contribution in [0.5, 0.6) is 0 Å². The molecular formula is C23H48N2O5S. The van der Waals surface area contributed by atoms with Gasteiger partial charge in [0.05, 0.1) is 34.8 Å². The number of carbonyl (C=O) groups is 1. The monoisotopic (exact) mass is 464 g/mol. The Balaban J connectivity index is 0.00000131. The first-order chi connectivity index (χ1) is 14.5. The molecule has 1 fully saturated rings. The van der Waals surface area contributed by atoms with Gasteiger partial charge in [-0.25, -0.2) is 8.42 Å². The molecule has 1 saturated carbocycles. The summed E-state index contributed by atoms with van der Waals surface area (Å²) in [7, 11) is 2.97. The molecule has 0 spiro atoms. The van der Waals surface area contributed by atoms with Crippen molar-refractivity contribution < 1.29 is 26.4 Å². The van der Waals surface area contributed by atoms with E-state index in [-0.39, 0.29) is 5.91 Å². The van der Waals surface area contributed by atoms with Gasteiger partial charge < -0.3 is 14.4 Å². The van der Waals surface area contributed by atoms with Crippen molar-refractivity contribution in [2.24, 2.45) is 5.92 Å². The molecular weight excluding hydrogens is 416 g/mol. The van der Waals surface area contributed by atoms with Gasteiger partial charge in [0.1, 0.15) is 0 Å². The maximum absolute atomic E-state index is 11.8. The summed E-state index contributed by atoms with van der Waals surface area (Å²) in [6.45, 7) is 1.94. The second-order valence-electron chi connectivity index (χ2n) is 9.81. The predicted octanol–water partition coefficient (Wildman–Crippen LogP) is 4.38. The molecule has 31 heavy (non-hydrogen) atoms. The fourth-order valence-electron chi connectivity index (χ4n) is 3.95. The van der Waals surface area contributed by atoms with Gasteiger partial charge in [0.2, 0.25) is 16.3 Å². The van der Waals surface area contributed by atoms with Gasteiger partial charge in [-0.1, -0.05) is 77.0 Å². The number of amides is 1. The summed E-state index contributed by atoms with van der Waals surface area (Å²) >= 11 is 0. The third kappa shape index (κ3) is 23.8. The fraction of sp³-hybridized carbons (Fsp3) is 0.957. The number of unbranched alkanes of at least 4 members (excludes halogenated alkanes) is 7. The molecule has 0 unspecified atom stereocenters. The number of hydrogen-bond donors (Lipinski definition) is 1. The van der Waals surface area contributed by atoms with Crippen molar-refractivity contribution in [2.45, 2.75) is 96.3 Å². The van der Waals surface area contributed by atoms with Crippen molar-refractivity contribution in [3.05, 3.63) is 0 Å². The van der Waals surface area contributed by atoms with Crippen molar-refractivity contribution in [2.75, 3.05) is 41.3 Å². The Morgan fingerprint density at radius 2 is 1.42 bits per heavy atom. The van der Waals surface area contributed by atoms with Crippen LogP contribution in [0.2, 0.25) is 0 Å². The molecule has 186 valence electrons. The summed E-state index contributed by atoms with van der Waals surface area (Å²) in [6, 6.07) is 0. The Morgan fingerprint density at radius 1 is 0.935 bits per heavy atom. The topological polar surface area (TPSA) is 95.5 Å². The molecule has 0 aromatic rings. The standard InChI is InChI=1S/C22H44N2O.CH4O4S/c1-24(2,3)20-14-19-23-22(25)18-11-9-7-5-4-6-8-10-15-21-16-12-13-17-21;1-5-6(2,3)4/h21H,4-20H2,1-3H3;1H3,(H,2,3,4). The highest BCUT2D eigenvalue weighted by molar-refractivity contribution is 7.80. The number of nitrogens with zero attached hydrogens (tertiary/aromatic N) is 1. The third-order valence-corrected chi connectivity index (χ3v) is 6.18. The smallest absolute Gasteiger partial charge is 0.219 e. The minimum absolute atomic E-state index is 0.244. The van der Waals surface area contributed by atoms with Gasteiger partial charge in [-0.05, 0) is 12.3 Å². The predicted molar refractivity (Wildman–Crippen MR) is 125 cm³/mol. The maximum Gasteiger partial charge on any atom is 0.219 e. The second kappa shape index (κ2) is 17.8. The van der Waals surface area contributed by atoms with Crippen molar-refractivity contribution in [3.63, 3.8) is 0 Å². The van der Waals surface area contributed by atoms with Gasteiger partial charge in [0, 0.05) is 19.4 Å². The second-order valence-corrected chi connectivity index (χ2v) is 11.0. The maximum atomic E-state index is 11.8. The first kappa shape index (κ1) is 30.3. The average molecular weight is 465 g/mol. The Morgan fingerprint density at radius 3 is 1.90 bits per heavy atom. The number of nitrogens with one attached hydrogen (secondary N) is 1. The van der Waals surface area contributed by atoms with Crippen LogP contribution in [0.1, 0.15) is 96.3 Å². The van der Waals surface area contributed by atoms with Crippen LogP contribution in [0, 0.1) is 5.92 Å². The van der Waals surface area contributed by atoms with E-state index in [9.17, 15) is 17.8 Å². The first-order valence-electron chi connectivity index (χ1n) is 12.1. The van der Waals surface area contributed by atoms with Crippen LogP contribution < -0.4 is 5.32 Å². The summed E-state index contributed by atoms with van der Waals surface area (Å²) in [5.74, 6) is 1.31. The van der Waals surface area contributed by atoms with Gasteiger partial charge in [-0.3, -0.25) is 8.98 Å². The quantitative estimate of drug-likeness (QED) is 0.158. The lowest BCUT2D eigenvalue weighted by atomic mass is 9.99. The number of carbonyl (C=O) groups excluding carboxylic acids is 1. The Bertz CT molecular complexity index is 541. The lowest BCUT2D eigenvalue weighted by molar-refractivity contribution is -0.870. The Hall–Kier alpha value is -0.700. The van der Waals surface area contributed by atoms with Crippen molar-refractivity contribution in [3.8, 4) is 0 Å². The molecule has 7 nitrogen and oxygen atoms in total.